The number of aliphatic hydroxyl groups excluding tert-OH is 1. The molecule has 1 atom stereocenters. The van der Waals surface area contributed by atoms with Gasteiger partial charge in [0.25, 0.3) is 0 Å². The normalized spacial score (nSPS) is 12.3. The van der Waals surface area contributed by atoms with Gasteiger partial charge in [0.1, 0.15) is 0 Å². The number of hydrogen-bond acceptors (Lipinski definition) is 1. The first-order chi connectivity index (χ1) is 8.77. The van der Waals surface area contributed by atoms with Crippen LogP contribution in [0.15, 0.2) is 36.9 Å². The highest BCUT2D eigenvalue weighted by molar-refractivity contribution is 5.26. The van der Waals surface area contributed by atoms with Crippen LogP contribution in [-0.2, 0) is 6.42 Å². The molecule has 0 heterocycles. The second-order valence-electron chi connectivity index (χ2n) is 4.94. The number of hydrogen-bond donors (Lipinski definition) is 1. The van der Waals surface area contributed by atoms with E-state index in [4.69, 9.17) is 0 Å². The summed E-state index contributed by atoms with van der Waals surface area (Å²) < 4.78 is 0. The number of unbranched alkanes of at least 4 members (excludes halogenated alkanes) is 5. The SMILES string of the molecule is C=CC(O)c1ccc(CCCCCCCC)cc1. The first kappa shape index (κ1) is 15.0. The minimum Gasteiger partial charge on any atom is -0.384 e. The van der Waals surface area contributed by atoms with Crippen molar-refractivity contribution < 1.29 is 5.11 Å². The molecule has 0 aliphatic heterocycles. The topological polar surface area (TPSA) is 20.2 Å². The molecule has 1 unspecified atom stereocenters. The van der Waals surface area contributed by atoms with Gasteiger partial charge in [-0.15, -0.1) is 6.58 Å². The lowest BCUT2D eigenvalue weighted by atomic mass is 10.0. The van der Waals surface area contributed by atoms with Crippen molar-refractivity contribution in [3.05, 3.63) is 48.0 Å². The fourth-order valence-corrected chi connectivity index (χ4v) is 2.13. The highest BCUT2D eigenvalue weighted by Crippen LogP contribution is 2.16. The van der Waals surface area contributed by atoms with Crippen LogP contribution < -0.4 is 0 Å². The maximum atomic E-state index is 9.60. The van der Waals surface area contributed by atoms with Crippen LogP contribution in [0.4, 0.5) is 0 Å². The zero-order chi connectivity index (χ0) is 13.2. The molecule has 0 aliphatic carbocycles. The Labute approximate surface area is 112 Å². The summed E-state index contributed by atoms with van der Waals surface area (Å²) in [5.41, 5.74) is 2.29. The maximum absolute atomic E-state index is 9.60. The average molecular weight is 246 g/mol. The number of aryl methyl sites for hydroxylation is 1. The summed E-state index contributed by atoms with van der Waals surface area (Å²) >= 11 is 0. The van der Waals surface area contributed by atoms with Crippen LogP contribution in [0.25, 0.3) is 0 Å². The van der Waals surface area contributed by atoms with E-state index in [9.17, 15) is 5.11 Å². The van der Waals surface area contributed by atoms with Crippen molar-refractivity contribution in [1.29, 1.82) is 0 Å². The third-order valence-electron chi connectivity index (χ3n) is 3.36. The molecule has 18 heavy (non-hydrogen) atoms. The summed E-state index contributed by atoms with van der Waals surface area (Å²) in [5.74, 6) is 0. The van der Waals surface area contributed by atoms with Gasteiger partial charge in [-0.05, 0) is 24.0 Å². The molecule has 1 rings (SSSR count). The standard InChI is InChI=1S/C17H26O/c1-3-5-6-7-8-9-10-15-11-13-16(14-12-15)17(18)4-2/h4,11-14,17-18H,2-3,5-10H2,1H3. The number of benzene rings is 1. The third kappa shape index (κ3) is 5.50. The molecule has 0 saturated carbocycles. The van der Waals surface area contributed by atoms with Gasteiger partial charge in [0.05, 0.1) is 6.10 Å². The van der Waals surface area contributed by atoms with Crippen molar-refractivity contribution in [3.63, 3.8) is 0 Å². The molecular formula is C17H26O. The summed E-state index contributed by atoms with van der Waals surface area (Å²) in [6.45, 7) is 5.84. The molecule has 0 fully saturated rings. The summed E-state index contributed by atoms with van der Waals surface area (Å²) in [7, 11) is 0. The molecule has 0 amide bonds. The Balaban J connectivity index is 2.24. The van der Waals surface area contributed by atoms with Gasteiger partial charge in [0, 0.05) is 0 Å². The summed E-state index contributed by atoms with van der Waals surface area (Å²) in [6.07, 6.45) is 10.2. The Morgan fingerprint density at radius 1 is 1.06 bits per heavy atom. The van der Waals surface area contributed by atoms with Crippen LogP contribution in [0.2, 0.25) is 0 Å². The Morgan fingerprint density at radius 2 is 1.67 bits per heavy atom. The highest BCUT2D eigenvalue weighted by Gasteiger charge is 2.01. The molecule has 0 aliphatic rings. The minimum absolute atomic E-state index is 0.534. The number of aliphatic hydroxyl groups is 1. The summed E-state index contributed by atoms with van der Waals surface area (Å²) in [6, 6.07) is 8.24. The predicted molar refractivity (Wildman–Crippen MR) is 78.7 cm³/mol. The predicted octanol–water partition coefficient (Wildman–Crippen LogP) is 4.81. The molecule has 100 valence electrons. The first-order valence-electron chi connectivity index (χ1n) is 7.17. The molecular weight excluding hydrogens is 220 g/mol. The maximum Gasteiger partial charge on any atom is 0.0969 e. The van der Waals surface area contributed by atoms with E-state index >= 15 is 0 Å². The van der Waals surface area contributed by atoms with Crippen LogP contribution in [0.1, 0.15) is 62.7 Å². The van der Waals surface area contributed by atoms with E-state index in [1.165, 1.54) is 44.1 Å². The van der Waals surface area contributed by atoms with Gasteiger partial charge >= 0.3 is 0 Å². The molecule has 0 spiro atoms. The molecule has 1 nitrogen and oxygen atoms in total. The van der Waals surface area contributed by atoms with Gasteiger partial charge in [-0.1, -0.05) is 69.4 Å². The van der Waals surface area contributed by atoms with Crippen LogP contribution in [0.5, 0.6) is 0 Å². The molecule has 0 saturated heterocycles. The fourth-order valence-electron chi connectivity index (χ4n) is 2.13. The molecule has 1 aromatic rings. The second-order valence-corrected chi connectivity index (χ2v) is 4.94. The zero-order valence-electron chi connectivity index (χ0n) is 11.6. The minimum atomic E-state index is -0.534. The van der Waals surface area contributed by atoms with Crippen molar-refractivity contribution in [2.24, 2.45) is 0 Å². The lowest BCUT2D eigenvalue weighted by molar-refractivity contribution is 0.229. The molecule has 1 N–H and O–H groups in total. The van der Waals surface area contributed by atoms with E-state index in [2.05, 4.69) is 25.6 Å². The van der Waals surface area contributed by atoms with Crippen LogP contribution >= 0.6 is 0 Å². The molecule has 0 radical (unpaired) electrons. The number of rotatable bonds is 9. The van der Waals surface area contributed by atoms with Gasteiger partial charge in [0.2, 0.25) is 0 Å². The van der Waals surface area contributed by atoms with E-state index in [0.717, 1.165) is 12.0 Å². The van der Waals surface area contributed by atoms with Crippen molar-refractivity contribution in [2.75, 3.05) is 0 Å². The smallest absolute Gasteiger partial charge is 0.0969 e. The van der Waals surface area contributed by atoms with Crippen molar-refractivity contribution >= 4 is 0 Å². The molecule has 0 bridgehead atoms. The Morgan fingerprint density at radius 3 is 2.28 bits per heavy atom. The van der Waals surface area contributed by atoms with Gasteiger partial charge in [-0.2, -0.15) is 0 Å². The van der Waals surface area contributed by atoms with Crippen LogP contribution in [0.3, 0.4) is 0 Å². The monoisotopic (exact) mass is 246 g/mol. The Hall–Kier alpha value is -1.08. The zero-order valence-corrected chi connectivity index (χ0v) is 11.6. The lowest BCUT2D eigenvalue weighted by Crippen LogP contribution is -1.93. The van der Waals surface area contributed by atoms with E-state index in [1.54, 1.807) is 6.08 Å². The Bertz CT molecular complexity index is 326. The third-order valence-corrected chi connectivity index (χ3v) is 3.36. The van der Waals surface area contributed by atoms with Gasteiger partial charge < -0.3 is 5.11 Å². The molecule has 1 heteroatoms. The van der Waals surface area contributed by atoms with E-state index in [1.807, 2.05) is 12.1 Å². The highest BCUT2D eigenvalue weighted by atomic mass is 16.3. The average Bonchev–Trinajstić information content (AvgIpc) is 2.42. The quantitative estimate of drug-likeness (QED) is 0.490. The van der Waals surface area contributed by atoms with Crippen LogP contribution in [0, 0.1) is 0 Å². The van der Waals surface area contributed by atoms with Crippen molar-refractivity contribution in [1.82, 2.24) is 0 Å². The molecule has 1 aromatic carbocycles. The van der Waals surface area contributed by atoms with Gasteiger partial charge in [-0.25, -0.2) is 0 Å². The molecule has 0 aromatic heterocycles. The van der Waals surface area contributed by atoms with Crippen LogP contribution in [-0.4, -0.2) is 5.11 Å². The van der Waals surface area contributed by atoms with Crippen molar-refractivity contribution in [2.45, 2.75) is 58.0 Å². The summed E-state index contributed by atoms with van der Waals surface area (Å²) in [5, 5.41) is 9.60. The fraction of sp³-hybridized carbons (Fsp3) is 0.529. The largest absolute Gasteiger partial charge is 0.384 e. The van der Waals surface area contributed by atoms with E-state index in [0.29, 0.717) is 0 Å². The van der Waals surface area contributed by atoms with Crippen molar-refractivity contribution in [3.8, 4) is 0 Å². The second kappa shape index (κ2) is 8.93. The van der Waals surface area contributed by atoms with E-state index < -0.39 is 6.10 Å². The summed E-state index contributed by atoms with van der Waals surface area (Å²) in [4.78, 5) is 0. The Kier molecular flexibility index (Phi) is 7.43. The lowest BCUT2D eigenvalue weighted by Gasteiger charge is -2.07. The first-order valence-corrected chi connectivity index (χ1v) is 7.17. The van der Waals surface area contributed by atoms with Gasteiger partial charge in [0.15, 0.2) is 0 Å². The van der Waals surface area contributed by atoms with E-state index in [-0.39, 0.29) is 0 Å². The van der Waals surface area contributed by atoms with Gasteiger partial charge in [-0.3, -0.25) is 0 Å².